The molecule has 2 atom stereocenters. The topological polar surface area (TPSA) is 63.5 Å². The number of morpholine rings is 1. The van der Waals surface area contributed by atoms with Crippen molar-refractivity contribution in [1.82, 2.24) is 10.6 Å². The van der Waals surface area contributed by atoms with E-state index in [0.717, 1.165) is 23.3 Å². The third-order valence-corrected chi connectivity index (χ3v) is 3.45. The molecule has 2 heterocycles. The molecule has 1 amide bonds. The zero-order valence-electron chi connectivity index (χ0n) is 11.4. The third kappa shape index (κ3) is 2.69. The van der Waals surface area contributed by atoms with Crippen LogP contribution in [0.3, 0.4) is 0 Å². The van der Waals surface area contributed by atoms with Gasteiger partial charge in [-0.15, -0.1) is 0 Å². The van der Waals surface area contributed by atoms with Gasteiger partial charge in [0.1, 0.15) is 17.4 Å². The number of carbonyl (C=O) groups is 1. The molecule has 5 heteroatoms. The van der Waals surface area contributed by atoms with Gasteiger partial charge in [-0.3, -0.25) is 4.79 Å². The summed E-state index contributed by atoms with van der Waals surface area (Å²) in [7, 11) is 0. The highest BCUT2D eigenvalue weighted by Crippen LogP contribution is 2.23. The summed E-state index contributed by atoms with van der Waals surface area (Å²) in [6.45, 7) is 3.82. The van der Waals surface area contributed by atoms with Crippen LogP contribution in [0.15, 0.2) is 34.7 Å². The van der Waals surface area contributed by atoms with E-state index in [1.165, 1.54) is 0 Å². The first kappa shape index (κ1) is 13.1. The second-order valence-corrected chi connectivity index (χ2v) is 4.98. The van der Waals surface area contributed by atoms with Crippen LogP contribution < -0.4 is 10.6 Å². The maximum atomic E-state index is 12.1. The lowest BCUT2D eigenvalue weighted by atomic mass is 10.2. The molecule has 0 spiro atoms. The predicted molar refractivity (Wildman–Crippen MR) is 75.4 cm³/mol. The first-order valence-corrected chi connectivity index (χ1v) is 6.85. The van der Waals surface area contributed by atoms with Gasteiger partial charge in [-0.2, -0.15) is 0 Å². The minimum atomic E-state index is -0.421. The molecule has 2 aromatic rings. The standard InChI is InChI=1S/C15H18N2O3/c1-10(17-15(18)14-9-16-6-7-19-14)13-8-11-4-2-3-5-12(11)20-13/h2-5,8,10,14,16H,6-7,9H2,1H3,(H,17,18). The van der Waals surface area contributed by atoms with E-state index < -0.39 is 6.10 Å². The maximum Gasteiger partial charge on any atom is 0.251 e. The zero-order chi connectivity index (χ0) is 13.9. The van der Waals surface area contributed by atoms with E-state index in [0.29, 0.717) is 13.2 Å². The fraction of sp³-hybridized carbons (Fsp3) is 0.400. The van der Waals surface area contributed by atoms with Crippen molar-refractivity contribution in [1.29, 1.82) is 0 Å². The third-order valence-electron chi connectivity index (χ3n) is 3.45. The van der Waals surface area contributed by atoms with Gasteiger partial charge in [0.25, 0.3) is 5.91 Å². The first-order valence-electron chi connectivity index (χ1n) is 6.85. The number of para-hydroxylation sites is 1. The van der Waals surface area contributed by atoms with Gasteiger partial charge >= 0.3 is 0 Å². The largest absolute Gasteiger partial charge is 0.459 e. The van der Waals surface area contributed by atoms with Gasteiger partial charge in [-0.05, 0) is 19.1 Å². The summed E-state index contributed by atoms with van der Waals surface area (Å²) in [6, 6.07) is 9.58. The molecule has 1 aromatic carbocycles. The van der Waals surface area contributed by atoms with Crippen molar-refractivity contribution < 1.29 is 13.9 Å². The van der Waals surface area contributed by atoms with E-state index in [1.54, 1.807) is 0 Å². The number of hydrogen-bond donors (Lipinski definition) is 2. The molecule has 106 valence electrons. The van der Waals surface area contributed by atoms with Crippen molar-refractivity contribution in [2.45, 2.75) is 19.1 Å². The number of benzene rings is 1. The lowest BCUT2D eigenvalue weighted by Gasteiger charge is -2.24. The Kier molecular flexibility index (Phi) is 3.71. The smallest absolute Gasteiger partial charge is 0.251 e. The molecule has 20 heavy (non-hydrogen) atoms. The average molecular weight is 274 g/mol. The Bertz CT molecular complexity index is 569. The monoisotopic (exact) mass is 274 g/mol. The Balaban J connectivity index is 1.68. The van der Waals surface area contributed by atoms with Crippen molar-refractivity contribution in [3.05, 3.63) is 36.1 Å². The Morgan fingerprint density at radius 2 is 2.30 bits per heavy atom. The van der Waals surface area contributed by atoms with Crippen LogP contribution >= 0.6 is 0 Å². The predicted octanol–water partition coefficient (Wildman–Crippen LogP) is 1.60. The number of rotatable bonds is 3. The van der Waals surface area contributed by atoms with Crippen molar-refractivity contribution in [3.63, 3.8) is 0 Å². The Hall–Kier alpha value is -1.85. The minimum Gasteiger partial charge on any atom is -0.459 e. The fourth-order valence-electron chi connectivity index (χ4n) is 2.33. The Morgan fingerprint density at radius 3 is 3.05 bits per heavy atom. The number of carbonyl (C=O) groups excluding carboxylic acids is 1. The molecule has 0 saturated carbocycles. The molecule has 2 N–H and O–H groups in total. The highest BCUT2D eigenvalue weighted by Gasteiger charge is 2.24. The van der Waals surface area contributed by atoms with E-state index in [1.807, 2.05) is 37.3 Å². The van der Waals surface area contributed by atoms with Crippen LogP contribution in [0.25, 0.3) is 11.0 Å². The second-order valence-electron chi connectivity index (χ2n) is 4.98. The van der Waals surface area contributed by atoms with Crippen LogP contribution in [0.1, 0.15) is 18.7 Å². The molecular weight excluding hydrogens is 256 g/mol. The number of amides is 1. The number of hydrogen-bond acceptors (Lipinski definition) is 4. The number of nitrogens with one attached hydrogen (secondary N) is 2. The highest BCUT2D eigenvalue weighted by molar-refractivity contribution is 5.82. The SMILES string of the molecule is CC(NC(=O)C1CNCCO1)c1cc2ccccc2o1. The fourth-order valence-corrected chi connectivity index (χ4v) is 2.33. The van der Waals surface area contributed by atoms with Crippen molar-refractivity contribution in [2.24, 2.45) is 0 Å². The van der Waals surface area contributed by atoms with Crippen LogP contribution in [-0.4, -0.2) is 31.7 Å². The number of fused-ring (bicyclic) bond motifs is 1. The van der Waals surface area contributed by atoms with Crippen molar-refractivity contribution in [3.8, 4) is 0 Å². The molecule has 0 bridgehead atoms. The minimum absolute atomic E-state index is 0.106. The molecule has 3 rings (SSSR count). The van der Waals surface area contributed by atoms with Gasteiger partial charge in [0.2, 0.25) is 0 Å². The van der Waals surface area contributed by atoms with E-state index >= 15 is 0 Å². The zero-order valence-corrected chi connectivity index (χ0v) is 11.4. The molecule has 1 saturated heterocycles. The molecular formula is C15H18N2O3. The van der Waals surface area contributed by atoms with Crippen LogP contribution in [0.4, 0.5) is 0 Å². The van der Waals surface area contributed by atoms with Crippen LogP contribution in [-0.2, 0) is 9.53 Å². The lowest BCUT2D eigenvalue weighted by molar-refractivity contribution is -0.135. The van der Waals surface area contributed by atoms with E-state index in [9.17, 15) is 4.79 Å². The van der Waals surface area contributed by atoms with Crippen molar-refractivity contribution in [2.75, 3.05) is 19.7 Å². The molecule has 1 aliphatic rings. The van der Waals surface area contributed by atoms with Gasteiger partial charge in [0.15, 0.2) is 0 Å². The lowest BCUT2D eigenvalue weighted by Crippen LogP contribution is -2.48. The Morgan fingerprint density at radius 1 is 1.45 bits per heavy atom. The summed E-state index contributed by atoms with van der Waals surface area (Å²) >= 11 is 0. The summed E-state index contributed by atoms with van der Waals surface area (Å²) < 4.78 is 11.2. The summed E-state index contributed by atoms with van der Waals surface area (Å²) in [5, 5.41) is 7.11. The maximum absolute atomic E-state index is 12.1. The van der Waals surface area contributed by atoms with Crippen LogP contribution in [0.2, 0.25) is 0 Å². The van der Waals surface area contributed by atoms with Gasteiger partial charge in [-0.25, -0.2) is 0 Å². The van der Waals surface area contributed by atoms with E-state index in [2.05, 4.69) is 10.6 Å². The van der Waals surface area contributed by atoms with Gasteiger partial charge in [0.05, 0.1) is 12.6 Å². The van der Waals surface area contributed by atoms with Gasteiger partial charge < -0.3 is 19.8 Å². The molecule has 2 unspecified atom stereocenters. The Labute approximate surface area is 117 Å². The molecule has 1 fully saturated rings. The van der Waals surface area contributed by atoms with Crippen molar-refractivity contribution >= 4 is 16.9 Å². The molecule has 0 radical (unpaired) electrons. The van der Waals surface area contributed by atoms with Gasteiger partial charge in [0, 0.05) is 18.5 Å². The highest BCUT2D eigenvalue weighted by atomic mass is 16.5. The summed E-state index contributed by atoms with van der Waals surface area (Å²) in [6.07, 6.45) is -0.421. The first-order chi connectivity index (χ1) is 9.74. The normalized spacial score (nSPS) is 20.8. The molecule has 0 aliphatic carbocycles. The number of ether oxygens (including phenoxy) is 1. The molecule has 1 aromatic heterocycles. The summed E-state index contributed by atoms with van der Waals surface area (Å²) in [4.78, 5) is 12.1. The second kappa shape index (κ2) is 5.64. The van der Waals surface area contributed by atoms with Gasteiger partial charge in [-0.1, -0.05) is 18.2 Å². The molecule has 5 nitrogen and oxygen atoms in total. The van der Waals surface area contributed by atoms with Crippen LogP contribution in [0.5, 0.6) is 0 Å². The van der Waals surface area contributed by atoms with E-state index in [-0.39, 0.29) is 11.9 Å². The molecule has 1 aliphatic heterocycles. The average Bonchev–Trinajstić information content (AvgIpc) is 2.92. The van der Waals surface area contributed by atoms with Crippen LogP contribution in [0, 0.1) is 0 Å². The summed E-state index contributed by atoms with van der Waals surface area (Å²) in [5.74, 6) is 0.647. The summed E-state index contributed by atoms with van der Waals surface area (Å²) in [5.41, 5.74) is 0.833. The number of furan rings is 1. The van der Waals surface area contributed by atoms with E-state index in [4.69, 9.17) is 9.15 Å². The quantitative estimate of drug-likeness (QED) is 0.892.